The molecule has 140 valence electrons. The molecule has 0 saturated carbocycles. The van der Waals surface area contributed by atoms with Gasteiger partial charge in [0.2, 0.25) is 10.0 Å². The third kappa shape index (κ3) is 4.82. The fraction of sp³-hybridized carbons (Fsp3) is 0.111. The van der Waals surface area contributed by atoms with Gasteiger partial charge in [0.25, 0.3) is 5.91 Å². The zero-order chi connectivity index (χ0) is 19.4. The molecule has 1 heterocycles. The van der Waals surface area contributed by atoms with E-state index in [9.17, 15) is 13.2 Å². The van der Waals surface area contributed by atoms with E-state index < -0.39 is 15.9 Å². The Morgan fingerprint density at radius 1 is 1.15 bits per heavy atom. The SMILES string of the molecule is NS(=O)(=O)c1ccc(Br)c(C(=O)NCc2ccccc2Cn2cccn2)c1. The summed E-state index contributed by atoms with van der Waals surface area (Å²) in [5.74, 6) is -0.402. The van der Waals surface area contributed by atoms with Crippen LogP contribution in [-0.4, -0.2) is 24.1 Å². The minimum Gasteiger partial charge on any atom is -0.348 e. The fourth-order valence-electron chi connectivity index (χ4n) is 2.58. The van der Waals surface area contributed by atoms with Crippen molar-refractivity contribution in [3.05, 3.63) is 82.1 Å². The average molecular weight is 449 g/mol. The van der Waals surface area contributed by atoms with E-state index in [-0.39, 0.29) is 10.5 Å². The van der Waals surface area contributed by atoms with E-state index >= 15 is 0 Å². The van der Waals surface area contributed by atoms with Crippen molar-refractivity contribution in [1.82, 2.24) is 15.1 Å². The number of carbonyl (C=O) groups excluding carboxylic acids is 1. The Kier molecular flexibility index (Phi) is 5.73. The van der Waals surface area contributed by atoms with Gasteiger partial charge in [-0.1, -0.05) is 24.3 Å². The van der Waals surface area contributed by atoms with E-state index in [0.29, 0.717) is 17.6 Å². The van der Waals surface area contributed by atoms with Crippen LogP contribution < -0.4 is 10.5 Å². The summed E-state index contributed by atoms with van der Waals surface area (Å²) in [6.45, 7) is 0.881. The second kappa shape index (κ2) is 8.03. The summed E-state index contributed by atoms with van der Waals surface area (Å²) in [5.41, 5.74) is 2.17. The van der Waals surface area contributed by atoms with Crippen LogP contribution in [0.25, 0.3) is 0 Å². The molecule has 1 aromatic heterocycles. The first kappa shape index (κ1) is 19.3. The monoisotopic (exact) mass is 448 g/mol. The normalized spacial score (nSPS) is 11.3. The largest absolute Gasteiger partial charge is 0.348 e. The predicted octanol–water partition coefficient (Wildman–Crippen LogP) is 2.27. The molecule has 0 saturated heterocycles. The average Bonchev–Trinajstić information content (AvgIpc) is 3.13. The first-order valence-electron chi connectivity index (χ1n) is 7.99. The summed E-state index contributed by atoms with van der Waals surface area (Å²) < 4.78 is 25.3. The van der Waals surface area contributed by atoms with Crippen LogP contribution in [0.5, 0.6) is 0 Å². The molecule has 2 aromatic carbocycles. The molecule has 0 fully saturated rings. The number of nitrogens with two attached hydrogens (primary N) is 1. The molecule has 0 atom stereocenters. The van der Waals surface area contributed by atoms with E-state index in [1.807, 2.05) is 36.5 Å². The van der Waals surface area contributed by atoms with E-state index in [0.717, 1.165) is 11.1 Å². The van der Waals surface area contributed by atoms with Crippen LogP contribution >= 0.6 is 15.9 Å². The molecule has 3 rings (SSSR count). The van der Waals surface area contributed by atoms with Crippen molar-refractivity contribution in [2.75, 3.05) is 0 Å². The second-order valence-corrected chi connectivity index (χ2v) is 8.26. The van der Waals surface area contributed by atoms with Crippen LogP contribution in [0.1, 0.15) is 21.5 Å². The number of amides is 1. The molecule has 7 nitrogen and oxygen atoms in total. The Bertz CT molecular complexity index is 1070. The number of nitrogens with one attached hydrogen (secondary N) is 1. The third-order valence-electron chi connectivity index (χ3n) is 3.96. The Morgan fingerprint density at radius 2 is 1.89 bits per heavy atom. The highest BCUT2D eigenvalue weighted by Gasteiger charge is 2.16. The summed E-state index contributed by atoms with van der Waals surface area (Å²) in [5, 5.41) is 12.2. The lowest BCUT2D eigenvalue weighted by Gasteiger charge is -2.12. The molecule has 1 amide bonds. The quantitative estimate of drug-likeness (QED) is 0.602. The molecule has 27 heavy (non-hydrogen) atoms. The number of sulfonamides is 1. The van der Waals surface area contributed by atoms with E-state index in [1.54, 1.807) is 10.9 Å². The maximum absolute atomic E-state index is 12.6. The van der Waals surface area contributed by atoms with Gasteiger partial charge in [-0.15, -0.1) is 0 Å². The number of nitrogens with zero attached hydrogens (tertiary/aromatic N) is 2. The van der Waals surface area contributed by atoms with Gasteiger partial charge in [0.05, 0.1) is 17.0 Å². The fourth-order valence-corrected chi connectivity index (χ4v) is 3.55. The van der Waals surface area contributed by atoms with Crippen molar-refractivity contribution in [3.8, 4) is 0 Å². The van der Waals surface area contributed by atoms with Gasteiger partial charge in [-0.2, -0.15) is 5.10 Å². The second-order valence-electron chi connectivity index (χ2n) is 5.84. The van der Waals surface area contributed by atoms with Crippen LogP contribution in [0.15, 0.2) is 70.3 Å². The van der Waals surface area contributed by atoms with Crippen molar-refractivity contribution >= 4 is 31.9 Å². The number of aromatic nitrogens is 2. The number of benzene rings is 2. The highest BCUT2D eigenvalue weighted by molar-refractivity contribution is 9.10. The molecule has 0 spiro atoms. The molecule has 0 aliphatic rings. The van der Waals surface area contributed by atoms with Gasteiger partial charge < -0.3 is 5.32 Å². The lowest BCUT2D eigenvalue weighted by Crippen LogP contribution is -2.24. The van der Waals surface area contributed by atoms with Crippen LogP contribution in [0.2, 0.25) is 0 Å². The molecular formula is C18H17BrN4O3S. The van der Waals surface area contributed by atoms with Gasteiger partial charge in [-0.25, -0.2) is 13.6 Å². The maximum Gasteiger partial charge on any atom is 0.252 e. The van der Waals surface area contributed by atoms with Gasteiger partial charge in [0.15, 0.2) is 0 Å². The number of halogens is 1. The lowest BCUT2D eigenvalue weighted by atomic mass is 10.1. The summed E-state index contributed by atoms with van der Waals surface area (Å²) in [7, 11) is -3.89. The van der Waals surface area contributed by atoms with Crippen LogP contribution in [0.4, 0.5) is 0 Å². The van der Waals surface area contributed by atoms with Crippen LogP contribution in [0.3, 0.4) is 0 Å². The molecular weight excluding hydrogens is 432 g/mol. The maximum atomic E-state index is 12.6. The molecule has 0 aliphatic carbocycles. The highest BCUT2D eigenvalue weighted by atomic mass is 79.9. The minimum absolute atomic E-state index is 0.116. The summed E-state index contributed by atoms with van der Waals surface area (Å²) in [4.78, 5) is 12.4. The van der Waals surface area contributed by atoms with E-state index in [2.05, 4.69) is 26.3 Å². The standard InChI is InChI=1S/C18H17BrN4O3S/c19-17-7-6-15(27(20,25)26)10-16(17)18(24)21-11-13-4-1-2-5-14(13)12-23-9-3-8-22-23/h1-10H,11-12H2,(H,21,24)(H2,20,25,26). The van der Waals surface area contributed by atoms with Gasteiger partial charge in [-0.3, -0.25) is 9.48 Å². The van der Waals surface area contributed by atoms with Crippen molar-refractivity contribution in [2.45, 2.75) is 18.0 Å². The number of hydrogen-bond donors (Lipinski definition) is 2. The van der Waals surface area contributed by atoms with Crippen molar-refractivity contribution < 1.29 is 13.2 Å². The number of primary sulfonamides is 1. The smallest absolute Gasteiger partial charge is 0.252 e. The molecule has 0 aliphatic heterocycles. The zero-order valence-corrected chi connectivity index (χ0v) is 16.6. The van der Waals surface area contributed by atoms with E-state index in [1.165, 1.54) is 18.2 Å². The predicted molar refractivity (Wildman–Crippen MR) is 104 cm³/mol. The van der Waals surface area contributed by atoms with Crippen molar-refractivity contribution in [2.24, 2.45) is 5.14 Å². The van der Waals surface area contributed by atoms with Crippen molar-refractivity contribution in [3.63, 3.8) is 0 Å². The molecule has 0 radical (unpaired) electrons. The Hall–Kier alpha value is -2.49. The number of rotatable bonds is 6. The zero-order valence-electron chi connectivity index (χ0n) is 14.2. The van der Waals surface area contributed by atoms with E-state index in [4.69, 9.17) is 5.14 Å². The minimum atomic E-state index is -3.89. The Labute approximate surface area is 165 Å². The first-order valence-corrected chi connectivity index (χ1v) is 10.3. The van der Waals surface area contributed by atoms with Gasteiger partial charge >= 0.3 is 0 Å². The topological polar surface area (TPSA) is 107 Å². The molecule has 9 heteroatoms. The third-order valence-corrected chi connectivity index (χ3v) is 5.56. The van der Waals surface area contributed by atoms with Gasteiger partial charge in [0, 0.05) is 23.4 Å². The summed E-state index contributed by atoms with van der Waals surface area (Å²) in [6, 6.07) is 13.7. The summed E-state index contributed by atoms with van der Waals surface area (Å²) in [6.07, 6.45) is 3.58. The first-order chi connectivity index (χ1) is 12.8. The highest BCUT2D eigenvalue weighted by Crippen LogP contribution is 2.21. The molecule has 0 unspecified atom stereocenters. The Morgan fingerprint density at radius 3 is 2.56 bits per heavy atom. The van der Waals surface area contributed by atoms with Crippen LogP contribution in [-0.2, 0) is 23.1 Å². The van der Waals surface area contributed by atoms with Crippen LogP contribution in [0, 0.1) is 0 Å². The van der Waals surface area contributed by atoms with Gasteiger partial charge in [0.1, 0.15) is 0 Å². The summed E-state index contributed by atoms with van der Waals surface area (Å²) >= 11 is 3.27. The lowest BCUT2D eigenvalue weighted by molar-refractivity contribution is 0.0950. The van der Waals surface area contributed by atoms with Gasteiger partial charge in [-0.05, 0) is 51.3 Å². The molecule has 3 aromatic rings. The van der Waals surface area contributed by atoms with Crippen molar-refractivity contribution in [1.29, 1.82) is 0 Å². The number of hydrogen-bond acceptors (Lipinski definition) is 4. The Balaban J connectivity index is 1.77. The molecule has 0 bridgehead atoms. The number of carbonyl (C=O) groups is 1. The molecule has 3 N–H and O–H groups in total.